The zero-order chi connectivity index (χ0) is 24.6. The standard InChI is InChI=1S/C25H31Cl2NO4S/c1-17(2)28(23(29)24(3,4)5)22-16-18(6-11-21(22)27)25(12-14-32-15-13-25)33(30,31)20-9-7-19(26)8-10-20/h6-11,16-17H,12-15H2,1-5H3. The van der Waals surface area contributed by atoms with Gasteiger partial charge in [-0.25, -0.2) is 8.42 Å². The summed E-state index contributed by atoms with van der Waals surface area (Å²) in [6.07, 6.45) is 0.599. The molecule has 2 aromatic carbocycles. The van der Waals surface area contributed by atoms with Gasteiger partial charge in [0.1, 0.15) is 4.75 Å². The zero-order valence-electron chi connectivity index (χ0n) is 19.7. The lowest BCUT2D eigenvalue weighted by Crippen LogP contribution is -2.45. The SMILES string of the molecule is CC(C)N(C(=O)C(C)(C)C)c1cc(C2(S(=O)(=O)c3ccc(Cl)cc3)CCOCC2)ccc1Cl. The van der Waals surface area contributed by atoms with E-state index in [4.69, 9.17) is 27.9 Å². The van der Waals surface area contributed by atoms with E-state index in [0.29, 0.717) is 47.4 Å². The Morgan fingerprint density at radius 1 is 1.03 bits per heavy atom. The molecular formula is C25H31Cl2NO4S. The molecule has 0 aromatic heterocycles. The molecule has 1 aliphatic heterocycles. The van der Waals surface area contributed by atoms with Crippen molar-refractivity contribution < 1.29 is 17.9 Å². The van der Waals surface area contributed by atoms with Crippen LogP contribution in [0.2, 0.25) is 10.0 Å². The van der Waals surface area contributed by atoms with E-state index in [-0.39, 0.29) is 16.8 Å². The molecule has 1 aliphatic rings. The Bertz CT molecular complexity index is 1120. The van der Waals surface area contributed by atoms with E-state index in [1.165, 1.54) is 12.1 Å². The molecule has 0 atom stereocenters. The molecule has 33 heavy (non-hydrogen) atoms. The van der Waals surface area contributed by atoms with Crippen LogP contribution in [0, 0.1) is 5.41 Å². The summed E-state index contributed by atoms with van der Waals surface area (Å²) in [4.78, 5) is 15.2. The minimum atomic E-state index is -3.80. The number of hydrogen-bond acceptors (Lipinski definition) is 4. The minimum absolute atomic E-state index is 0.0851. The molecule has 1 heterocycles. The van der Waals surface area contributed by atoms with Gasteiger partial charge >= 0.3 is 0 Å². The number of benzene rings is 2. The molecule has 3 rings (SSSR count). The summed E-state index contributed by atoms with van der Waals surface area (Å²) in [6, 6.07) is 11.3. The van der Waals surface area contributed by atoms with Gasteiger partial charge in [-0.1, -0.05) is 50.0 Å². The molecule has 0 unspecified atom stereocenters. The molecule has 0 radical (unpaired) electrons. The number of carbonyl (C=O) groups excluding carboxylic acids is 1. The Labute approximate surface area is 206 Å². The smallest absolute Gasteiger partial charge is 0.232 e. The number of rotatable bonds is 5. The first-order valence-corrected chi connectivity index (χ1v) is 13.3. The summed E-state index contributed by atoms with van der Waals surface area (Å²) in [5, 5.41) is 0.869. The van der Waals surface area contributed by atoms with Crippen LogP contribution in [0.5, 0.6) is 0 Å². The van der Waals surface area contributed by atoms with Crippen LogP contribution in [0.15, 0.2) is 47.4 Å². The van der Waals surface area contributed by atoms with Crippen molar-refractivity contribution in [2.24, 2.45) is 5.41 Å². The third-order valence-electron chi connectivity index (χ3n) is 6.05. The Hall–Kier alpha value is -1.60. The highest BCUT2D eigenvalue weighted by Gasteiger charge is 2.48. The minimum Gasteiger partial charge on any atom is -0.381 e. The van der Waals surface area contributed by atoms with Crippen molar-refractivity contribution in [2.75, 3.05) is 18.1 Å². The average Bonchev–Trinajstić information content (AvgIpc) is 2.75. The van der Waals surface area contributed by atoms with Crippen molar-refractivity contribution in [2.45, 2.75) is 63.1 Å². The highest BCUT2D eigenvalue weighted by atomic mass is 35.5. The van der Waals surface area contributed by atoms with E-state index in [1.54, 1.807) is 35.2 Å². The first kappa shape index (κ1) is 26.0. The summed E-state index contributed by atoms with van der Waals surface area (Å²) in [7, 11) is -3.80. The van der Waals surface area contributed by atoms with Gasteiger partial charge in [0.15, 0.2) is 9.84 Å². The molecule has 0 spiro atoms. The molecule has 0 N–H and O–H groups in total. The molecule has 0 bridgehead atoms. The summed E-state index contributed by atoms with van der Waals surface area (Å²) >= 11 is 12.6. The van der Waals surface area contributed by atoms with Crippen LogP contribution >= 0.6 is 23.2 Å². The number of anilines is 1. The number of ether oxygens (including phenoxy) is 1. The highest BCUT2D eigenvalue weighted by Crippen LogP contribution is 2.46. The molecule has 0 saturated carbocycles. The van der Waals surface area contributed by atoms with Crippen molar-refractivity contribution in [1.82, 2.24) is 0 Å². The predicted octanol–water partition coefficient (Wildman–Crippen LogP) is 6.26. The van der Waals surface area contributed by atoms with Crippen LogP contribution in [0.3, 0.4) is 0 Å². The van der Waals surface area contributed by atoms with Gasteiger partial charge in [-0.2, -0.15) is 0 Å². The van der Waals surface area contributed by atoms with Crippen LogP contribution in [-0.4, -0.2) is 33.6 Å². The van der Waals surface area contributed by atoms with Crippen molar-refractivity contribution in [1.29, 1.82) is 0 Å². The molecule has 8 heteroatoms. The van der Waals surface area contributed by atoms with Crippen molar-refractivity contribution in [3.05, 3.63) is 58.1 Å². The summed E-state index contributed by atoms with van der Waals surface area (Å²) < 4.78 is 32.3. The van der Waals surface area contributed by atoms with Crippen molar-refractivity contribution in [3.63, 3.8) is 0 Å². The van der Waals surface area contributed by atoms with Gasteiger partial charge in [0.2, 0.25) is 5.91 Å². The first-order chi connectivity index (χ1) is 15.3. The fourth-order valence-electron chi connectivity index (χ4n) is 4.22. The quantitative estimate of drug-likeness (QED) is 0.474. The van der Waals surface area contributed by atoms with E-state index in [1.807, 2.05) is 34.6 Å². The first-order valence-electron chi connectivity index (χ1n) is 11.0. The van der Waals surface area contributed by atoms with Crippen LogP contribution in [0.1, 0.15) is 53.0 Å². The average molecular weight is 512 g/mol. The topological polar surface area (TPSA) is 63.7 Å². The normalized spacial score (nSPS) is 16.6. The molecule has 180 valence electrons. The maximum absolute atomic E-state index is 14.0. The van der Waals surface area contributed by atoms with E-state index < -0.39 is 20.0 Å². The maximum Gasteiger partial charge on any atom is 0.232 e. The number of hydrogen-bond donors (Lipinski definition) is 0. The second kappa shape index (κ2) is 9.57. The monoisotopic (exact) mass is 511 g/mol. The summed E-state index contributed by atoms with van der Waals surface area (Å²) in [5.74, 6) is -0.0851. The van der Waals surface area contributed by atoms with Gasteiger partial charge in [0.25, 0.3) is 0 Å². The predicted molar refractivity (Wildman–Crippen MR) is 134 cm³/mol. The summed E-state index contributed by atoms with van der Waals surface area (Å²) in [6.45, 7) is 10.0. The van der Waals surface area contributed by atoms with Gasteiger partial charge in [-0.3, -0.25) is 4.79 Å². The Morgan fingerprint density at radius 3 is 2.12 bits per heavy atom. The number of amides is 1. The molecular weight excluding hydrogens is 481 g/mol. The number of nitrogens with zero attached hydrogens (tertiary/aromatic N) is 1. The van der Waals surface area contributed by atoms with Crippen molar-refractivity contribution in [3.8, 4) is 0 Å². The molecule has 1 amide bonds. The third-order valence-corrected chi connectivity index (χ3v) is 9.18. The van der Waals surface area contributed by atoms with Gasteiger partial charge in [0.05, 0.1) is 15.6 Å². The largest absolute Gasteiger partial charge is 0.381 e. The highest BCUT2D eigenvalue weighted by molar-refractivity contribution is 7.92. The van der Waals surface area contributed by atoms with E-state index in [0.717, 1.165) is 0 Å². The fourth-order valence-corrected chi connectivity index (χ4v) is 6.64. The van der Waals surface area contributed by atoms with Crippen LogP contribution < -0.4 is 4.90 Å². The number of halogens is 2. The maximum atomic E-state index is 14.0. The van der Waals surface area contributed by atoms with E-state index in [9.17, 15) is 13.2 Å². The summed E-state index contributed by atoms with van der Waals surface area (Å²) in [5.41, 5.74) is 0.490. The van der Waals surface area contributed by atoms with Gasteiger partial charge in [-0.05, 0) is 68.7 Å². The third kappa shape index (κ3) is 4.95. The van der Waals surface area contributed by atoms with Crippen LogP contribution in [-0.2, 0) is 24.1 Å². The second-order valence-electron chi connectivity index (χ2n) is 9.75. The lowest BCUT2D eigenvalue weighted by Gasteiger charge is -2.39. The lowest BCUT2D eigenvalue weighted by molar-refractivity contribution is -0.126. The van der Waals surface area contributed by atoms with Gasteiger partial charge < -0.3 is 9.64 Å². The number of sulfone groups is 1. The molecule has 0 aliphatic carbocycles. The fraction of sp³-hybridized carbons (Fsp3) is 0.480. The Morgan fingerprint density at radius 2 is 1.61 bits per heavy atom. The lowest BCUT2D eigenvalue weighted by atomic mass is 9.89. The van der Waals surface area contributed by atoms with Crippen LogP contribution in [0.4, 0.5) is 5.69 Å². The number of carbonyl (C=O) groups is 1. The van der Waals surface area contributed by atoms with Crippen LogP contribution in [0.25, 0.3) is 0 Å². The Balaban J connectivity index is 2.21. The molecule has 2 aromatic rings. The van der Waals surface area contributed by atoms with Crippen molar-refractivity contribution >= 4 is 44.6 Å². The van der Waals surface area contributed by atoms with E-state index >= 15 is 0 Å². The van der Waals surface area contributed by atoms with Gasteiger partial charge in [-0.15, -0.1) is 0 Å². The van der Waals surface area contributed by atoms with Gasteiger partial charge in [0, 0.05) is 29.7 Å². The molecule has 1 fully saturated rings. The molecule has 5 nitrogen and oxygen atoms in total. The Kier molecular flexibility index (Phi) is 7.54. The second-order valence-corrected chi connectivity index (χ2v) is 12.9. The van der Waals surface area contributed by atoms with E-state index in [2.05, 4.69) is 0 Å². The molecule has 1 saturated heterocycles. The zero-order valence-corrected chi connectivity index (χ0v) is 22.0.